The average molecular weight is 393 g/mol. The highest BCUT2D eigenvalue weighted by Gasteiger charge is 2.21. The lowest BCUT2D eigenvalue weighted by Crippen LogP contribution is -2.12. The number of nitrogens with zero attached hydrogens (tertiary/aromatic N) is 1. The van der Waals surface area contributed by atoms with E-state index in [1.165, 1.54) is 0 Å². The number of halogens is 1. The number of esters is 1. The first kappa shape index (κ1) is 18.5. The molecule has 142 valence electrons. The molecule has 0 unspecified atom stereocenters. The molecule has 3 aromatic carbocycles. The highest BCUT2D eigenvalue weighted by atomic mass is 35.5. The second kappa shape index (κ2) is 7.30. The van der Waals surface area contributed by atoms with Gasteiger partial charge in [0.1, 0.15) is 0 Å². The van der Waals surface area contributed by atoms with E-state index in [0.717, 1.165) is 43.5 Å². The Balaban J connectivity index is 1.96. The van der Waals surface area contributed by atoms with Crippen molar-refractivity contribution in [1.82, 2.24) is 4.57 Å². The van der Waals surface area contributed by atoms with Gasteiger partial charge < -0.3 is 15.0 Å². The minimum Gasteiger partial charge on any atom is -0.462 e. The summed E-state index contributed by atoms with van der Waals surface area (Å²) >= 11 is 6.37. The lowest BCUT2D eigenvalue weighted by atomic mass is 9.97. The minimum absolute atomic E-state index is 0.262. The summed E-state index contributed by atoms with van der Waals surface area (Å²) in [6, 6.07) is 18.1. The molecule has 5 heteroatoms. The molecule has 0 aliphatic rings. The molecule has 4 aromatic rings. The summed E-state index contributed by atoms with van der Waals surface area (Å²) in [5.74, 6) is -0.335. The van der Waals surface area contributed by atoms with Gasteiger partial charge in [0.25, 0.3) is 0 Å². The SMILES string of the molecule is CCOC(=O)c1c(CN)n(C)c2cc(-c3cccc4c(Cl)cccc34)ccc12. The fourth-order valence-corrected chi connectivity index (χ4v) is 4.09. The second-order valence-corrected chi connectivity index (χ2v) is 7.08. The van der Waals surface area contributed by atoms with E-state index in [1.807, 2.05) is 48.0 Å². The molecule has 0 atom stereocenters. The maximum atomic E-state index is 12.5. The first-order valence-corrected chi connectivity index (χ1v) is 9.60. The predicted molar refractivity (Wildman–Crippen MR) is 115 cm³/mol. The van der Waals surface area contributed by atoms with E-state index >= 15 is 0 Å². The third-order valence-electron chi connectivity index (χ3n) is 5.17. The fraction of sp³-hybridized carbons (Fsp3) is 0.174. The zero-order valence-electron chi connectivity index (χ0n) is 15.8. The smallest absolute Gasteiger partial charge is 0.340 e. The van der Waals surface area contributed by atoms with Crippen molar-refractivity contribution >= 4 is 39.2 Å². The summed E-state index contributed by atoms with van der Waals surface area (Å²) in [6.45, 7) is 2.39. The van der Waals surface area contributed by atoms with E-state index < -0.39 is 0 Å². The van der Waals surface area contributed by atoms with E-state index in [-0.39, 0.29) is 12.5 Å². The number of ether oxygens (including phenoxy) is 1. The number of carbonyl (C=O) groups excluding carboxylic acids is 1. The molecule has 0 spiro atoms. The number of rotatable bonds is 4. The Kier molecular flexibility index (Phi) is 4.84. The molecule has 0 saturated heterocycles. The predicted octanol–water partition coefficient (Wildman–Crippen LogP) is 5.29. The first-order valence-electron chi connectivity index (χ1n) is 9.23. The molecule has 0 bridgehead atoms. The van der Waals surface area contributed by atoms with Crippen molar-refractivity contribution in [1.29, 1.82) is 0 Å². The maximum absolute atomic E-state index is 12.5. The van der Waals surface area contributed by atoms with Crippen LogP contribution < -0.4 is 5.73 Å². The van der Waals surface area contributed by atoms with Crippen LogP contribution in [-0.2, 0) is 18.3 Å². The first-order chi connectivity index (χ1) is 13.6. The largest absolute Gasteiger partial charge is 0.462 e. The average Bonchev–Trinajstić information content (AvgIpc) is 2.99. The van der Waals surface area contributed by atoms with Gasteiger partial charge >= 0.3 is 5.97 Å². The number of fused-ring (bicyclic) bond motifs is 2. The molecular formula is C23H21ClN2O2. The van der Waals surface area contributed by atoms with Crippen molar-refractivity contribution in [2.45, 2.75) is 13.5 Å². The Hall–Kier alpha value is -2.82. The van der Waals surface area contributed by atoms with Crippen LogP contribution in [0.3, 0.4) is 0 Å². The summed E-state index contributed by atoms with van der Waals surface area (Å²) in [4.78, 5) is 12.5. The monoisotopic (exact) mass is 392 g/mol. The van der Waals surface area contributed by atoms with Crippen LogP contribution >= 0.6 is 11.6 Å². The third-order valence-corrected chi connectivity index (χ3v) is 5.50. The van der Waals surface area contributed by atoms with Gasteiger partial charge in [-0.15, -0.1) is 0 Å². The Bertz CT molecular complexity index is 1210. The van der Waals surface area contributed by atoms with Gasteiger partial charge in [-0.25, -0.2) is 4.79 Å². The van der Waals surface area contributed by atoms with E-state index in [9.17, 15) is 4.79 Å². The van der Waals surface area contributed by atoms with Gasteiger partial charge in [-0.3, -0.25) is 0 Å². The Morgan fingerprint density at radius 2 is 1.82 bits per heavy atom. The number of carbonyl (C=O) groups is 1. The van der Waals surface area contributed by atoms with Crippen LogP contribution in [0.4, 0.5) is 0 Å². The molecule has 0 fully saturated rings. The molecule has 4 rings (SSSR count). The summed E-state index contributed by atoms with van der Waals surface area (Å²) < 4.78 is 7.23. The summed E-state index contributed by atoms with van der Waals surface area (Å²) in [5, 5.41) is 3.69. The highest BCUT2D eigenvalue weighted by Crippen LogP contribution is 2.35. The number of nitrogens with two attached hydrogens (primary N) is 1. The van der Waals surface area contributed by atoms with Crippen molar-refractivity contribution in [3.05, 3.63) is 70.9 Å². The zero-order valence-corrected chi connectivity index (χ0v) is 16.6. The molecule has 4 nitrogen and oxygen atoms in total. The van der Waals surface area contributed by atoms with Gasteiger partial charge in [-0.1, -0.05) is 54.1 Å². The van der Waals surface area contributed by atoms with Crippen LogP contribution in [0.5, 0.6) is 0 Å². The van der Waals surface area contributed by atoms with E-state index in [4.69, 9.17) is 22.1 Å². The molecule has 2 N–H and O–H groups in total. The number of hydrogen-bond acceptors (Lipinski definition) is 3. The van der Waals surface area contributed by atoms with Crippen molar-refractivity contribution in [3.8, 4) is 11.1 Å². The van der Waals surface area contributed by atoms with Gasteiger partial charge in [0.05, 0.1) is 12.2 Å². The van der Waals surface area contributed by atoms with Gasteiger partial charge in [-0.2, -0.15) is 0 Å². The summed E-state index contributed by atoms with van der Waals surface area (Å²) in [5.41, 5.74) is 10.4. The molecule has 0 saturated carbocycles. The molecule has 0 radical (unpaired) electrons. The Morgan fingerprint density at radius 1 is 1.07 bits per heavy atom. The molecular weight excluding hydrogens is 372 g/mol. The van der Waals surface area contributed by atoms with Crippen LogP contribution in [0.2, 0.25) is 5.02 Å². The van der Waals surface area contributed by atoms with Crippen molar-refractivity contribution in [3.63, 3.8) is 0 Å². The van der Waals surface area contributed by atoms with Crippen molar-refractivity contribution in [2.24, 2.45) is 12.8 Å². The van der Waals surface area contributed by atoms with Crippen molar-refractivity contribution in [2.75, 3.05) is 6.61 Å². The fourth-order valence-electron chi connectivity index (χ4n) is 3.85. The number of aryl methyl sites for hydroxylation is 1. The van der Waals surface area contributed by atoms with Gasteiger partial charge in [0.2, 0.25) is 0 Å². The third kappa shape index (κ3) is 2.86. The normalized spacial score (nSPS) is 11.3. The molecule has 0 aliphatic carbocycles. The number of aromatic nitrogens is 1. The van der Waals surface area contributed by atoms with Gasteiger partial charge in [-0.05, 0) is 35.6 Å². The Morgan fingerprint density at radius 3 is 2.57 bits per heavy atom. The van der Waals surface area contributed by atoms with Crippen LogP contribution in [-0.4, -0.2) is 17.1 Å². The lowest BCUT2D eigenvalue weighted by Gasteiger charge is -2.09. The standard InChI is InChI=1S/C23H21ClN2O2/c1-3-28-23(27)22-18-11-10-14(12-20(18)26(2)21(22)13-25)15-6-4-8-17-16(15)7-5-9-19(17)24/h4-12H,3,13,25H2,1-2H3. The zero-order chi connectivity index (χ0) is 19.8. The highest BCUT2D eigenvalue weighted by molar-refractivity contribution is 6.35. The maximum Gasteiger partial charge on any atom is 0.340 e. The van der Waals surface area contributed by atoms with E-state index in [0.29, 0.717) is 12.2 Å². The molecule has 1 heterocycles. The number of hydrogen-bond donors (Lipinski definition) is 1. The van der Waals surface area contributed by atoms with E-state index in [2.05, 4.69) is 18.2 Å². The number of benzene rings is 3. The summed E-state index contributed by atoms with van der Waals surface area (Å²) in [6.07, 6.45) is 0. The second-order valence-electron chi connectivity index (χ2n) is 6.68. The van der Waals surface area contributed by atoms with Gasteiger partial charge in [0, 0.05) is 40.6 Å². The van der Waals surface area contributed by atoms with E-state index in [1.54, 1.807) is 6.92 Å². The Labute approximate surface area is 168 Å². The van der Waals surface area contributed by atoms with Crippen LogP contribution in [0, 0.1) is 0 Å². The quantitative estimate of drug-likeness (QED) is 0.480. The molecule has 0 aliphatic heterocycles. The minimum atomic E-state index is -0.335. The molecule has 0 amide bonds. The van der Waals surface area contributed by atoms with Crippen LogP contribution in [0.15, 0.2) is 54.6 Å². The summed E-state index contributed by atoms with van der Waals surface area (Å²) in [7, 11) is 1.93. The lowest BCUT2D eigenvalue weighted by molar-refractivity contribution is 0.0527. The molecule has 1 aromatic heterocycles. The molecule has 28 heavy (non-hydrogen) atoms. The topological polar surface area (TPSA) is 57.2 Å². The van der Waals surface area contributed by atoms with Crippen LogP contribution in [0.25, 0.3) is 32.8 Å². The van der Waals surface area contributed by atoms with Crippen LogP contribution in [0.1, 0.15) is 23.0 Å². The van der Waals surface area contributed by atoms with Gasteiger partial charge in [0.15, 0.2) is 0 Å². The van der Waals surface area contributed by atoms with Crippen molar-refractivity contribution < 1.29 is 9.53 Å².